The van der Waals surface area contributed by atoms with Crippen LogP contribution in [0.25, 0.3) is 10.9 Å². The van der Waals surface area contributed by atoms with Crippen molar-refractivity contribution in [1.29, 1.82) is 0 Å². The van der Waals surface area contributed by atoms with Gasteiger partial charge in [0.05, 0.1) is 0 Å². The molecule has 1 nitrogen and oxygen atoms in total. The minimum Gasteiger partial charge on any atom is -0.358 e. The number of hydrogen-bond acceptors (Lipinski definition) is 0. The van der Waals surface area contributed by atoms with Gasteiger partial charge in [-0.15, -0.1) is 0 Å². The number of allylic oxidation sites excluding steroid dienone is 6. The number of nitrogens with one attached hydrogen (secondary N) is 1. The lowest BCUT2D eigenvalue weighted by molar-refractivity contribution is 0.504. The zero-order valence-electron chi connectivity index (χ0n) is 18.7. The van der Waals surface area contributed by atoms with Gasteiger partial charge in [-0.05, 0) is 75.1 Å². The lowest BCUT2D eigenvalue weighted by Gasteiger charge is -2.18. The Bertz CT molecular complexity index is 910. The minimum atomic E-state index is 0.245. The van der Waals surface area contributed by atoms with Gasteiger partial charge in [-0.1, -0.05) is 74.9 Å². The Balaban J connectivity index is 0.000000200. The number of aryl methyl sites for hydroxylation is 3. The molecule has 1 aromatic heterocycles. The summed E-state index contributed by atoms with van der Waals surface area (Å²) in [7, 11) is 0. The van der Waals surface area contributed by atoms with Gasteiger partial charge in [-0.25, -0.2) is 0 Å². The summed E-state index contributed by atoms with van der Waals surface area (Å²) >= 11 is 0. The van der Waals surface area contributed by atoms with E-state index in [1.54, 1.807) is 5.56 Å². The van der Waals surface area contributed by atoms with Crippen LogP contribution in [0.2, 0.25) is 0 Å². The van der Waals surface area contributed by atoms with Crippen LogP contribution in [0.4, 0.5) is 0 Å². The highest BCUT2D eigenvalue weighted by atomic mass is 14.7. The fourth-order valence-electron chi connectivity index (χ4n) is 3.22. The number of hydrogen-bond donors (Lipinski definition) is 1. The normalized spacial score (nSPS) is 14.6. The zero-order chi connectivity index (χ0) is 20.9. The van der Waals surface area contributed by atoms with E-state index < -0.39 is 0 Å². The first-order valence-electron chi connectivity index (χ1n) is 10.4. The number of aromatic nitrogens is 1. The van der Waals surface area contributed by atoms with E-state index in [1.165, 1.54) is 53.4 Å². The molecule has 150 valence electrons. The molecule has 3 rings (SSSR count). The number of rotatable bonds is 3. The van der Waals surface area contributed by atoms with Crippen LogP contribution in [0.5, 0.6) is 0 Å². The van der Waals surface area contributed by atoms with Crippen LogP contribution in [0.1, 0.15) is 64.3 Å². The molecule has 28 heavy (non-hydrogen) atoms. The lowest BCUT2D eigenvalue weighted by atomic mass is 9.87. The maximum atomic E-state index is 3.90. The van der Waals surface area contributed by atoms with Gasteiger partial charge in [0.2, 0.25) is 0 Å². The molecule has 0 bridgehead atoms. The summed E-state index contributed by atoms with van der Waals surface area (Å²) in [6.07, 6.45) is 11.4. The van der Waals surface area contributed by atoms with Crippen LogP contribution in [0.3, 0.4) is 0 Å². The van der Waals surface area contributed by atoms with E-state index in [1.807, 2.05) is 19.1 Å². The Morgan fingerprint density at radius 1 is 1.07 bits per heavy atom. The third-order valence-electron chi connectivity index (χ3n) is 5.63. The molecule has 1 N–H and O–H groups in total. The highest BCUT2D eigenvalue weighted by Crippen LogP contribution is 2.29. The number of benzene rings is 1. The molecule has 1 aliphatic rings. The number of H-pyrrole nitrogens is 1. The van der Waals surface area contributed by atoms with Crippen molar-refractivity contribution >= 4 is 10.9 Å². The SMILES string of the molecule is C=C(C)C(=C)/C=C\C=C(/C)C(C)(C)C.Cc1ccc2[nH]c3c(c2c1)CCCC3. The molecule has 1 aliphatic carbocycles. The van der Waals surface area contributed by atoms with E-state index in [0.717, 1.165) is 11.1 Å². The summed E-state index contributed by atoms with van der Waals surface area (Å²) in [5.41, 5.74) is 9.36. The van der Waals surface area contributed by atoms with Crippen molar-refractivity contribution in [2.24, 2.45) is 5.41 Å². The molecule has 0 spiro atoms. The Kier molecular flexibility index (Phi) is 7.29. The molecule has 0 unspecified atom stereocenters. The van der Waals surface area contributed by atoms with Gasteiger partial charge >= 0.3 is 0 Å². The average molecular weight is 376 g/mol. The molecule has 0 radical (unpaired) electrons. The molecular weight excluding hydrogens is 338 g/mol. The van der Waals surface area contributed by atoms with Gasteiger partial charge in [-0.2, -0.15) is 0 Å². The van der Waals surface area contributed by atoms with Crippen molar-refractivity contribution in [3.8, 4) is 0 Å². The van der Waals surface area contributed by atoms with Crippen LogP contribution in [0, 0.1) is 12.3 Å². The average Bonchev–Trinajstić information content (AvgIpc) is 2.99. The van der Waals surface area contributed by atoms with Crippen molar-refractivity contribution in [3.05, 3.63) is 83.1 Å². The summed E-state index contributed by atoms with van der Waals surface area (Å²) in [6.45, 7) is 20.6. The van der Waals surface area contributed by atoms with E-state index in [9.17, 15) is 0 Å². The van der Waals surface area contributed by atoms with E-state index in [0.29, 0.717) is 0 Å². The first-order chi connectivity index (χ1) is 13.1. The van der Waals surface area contributed by atoms with Crippen LogP contribution >= 0.6 is 0 Å². The van der Waals surface area contributed by atoms with Gasteiger partial charge in [0.25, 0.3) is 0 Å². The smallest absolute Gasteiger partial charge is 0.0459 e. The van der Waals surface area contributed by atoms with Crippen molar-refractivity contribution in [2.75, 3.05) is 0 Å². The fourth-order valence-corrected chi connectivity index (χ4v) is 3.22. The Morgan fingerprint density at radius 3 is 2.39 bits per heavy atom. The molecule has 0 amide bonds. The predicted octanol–water partition coefficient (Wildman–Crippen LogP) is 8.02. The Hall–Kier alpha value is -2.28. The second kappa shape index (κ2) is 9.28. The molecule has 0 saturated heterocycles. The van der Waals surface area contributed by atoms with Gasteiger partial charge in [-0.3, -0.25) is 0 Å². The number of fused-ring (bicyclic) bond motifs is 3. The molecule has 0 fully saturated rings. The van der Waals surface area contributed by atoms with E-state index in [-0.39, 0.29) is 5.41 Å². The minimum absolute atomic E-state index is 0.245. The first kappa shape index (κ1) is 22.0. The van der Waals surface area contributed by atoms with Gasteiger partial charge in [0.1, 0.15) is 0 Å². The third kappa shape index (κ3) is 5.86. The van der Waals surface area contributed by atoms with Crippen molar-refractivity contribution < 1.29 is 0 Å². The third-order valence-corrected chi connectivity index (χ3v) is 5.63. The summed E-state index contributed by atoms with van der Waals surface area (Å²) in [4.78, 5) is 3.54. The van der Waals surface area contributed by atoms with Crippen LogP contribution in [-0.4, -0.2) is 4.98 Å². The zero-order valence-corrected chi connectivity index (χ0v) is 18.7. The molecule has 2 aromatic rings. The summed E-state index contributed by atoms with van der Waals surface area (Å²) in [5.74, 6) is 0. The molecule has 0 atom stereocenters. The van der Waals surface area contributed by atoms with Gasteiger partial charge in [0, 0.05) is 16.6 Å². The summed E-state index contributed by atoms with van der Waals surface area (Å²) < 4.78 is 0. The van der Waals surface area contributed by atoms with Crippen molar-refractivity contribution in [3.63, 3.8) is 0 Å². The summed E-state index contributed by atoms with van der Waals surface area (Å²) in [5, 5.41) is 1.46. The largest absolute Gasteiger partial charge is 0.358 e. The predicted molar refractivity (Wildman–Crippen MR) is 126 cm³/mol. The van der Waals surface area contributed by atoms with Crippen LogP contribution in [0.15, 0.2) is 66.3 Å². The van der Waals surface area contributed by atoms with Crippen molar-refractivity contribution in [1.82, 2.24) is 4.98 Å². The van der Waals surface area contributed by atoms with Crippen molar-refractivity contribution in [2.45, 2.75) is 67.2 Å². The Labute approximate surface area is 171 Å². The second-order valence-corrected chi connectivity index (χ2v) is 9.10. The quantitative estimate of drug-likeness (QED) is 0.523. The maximum Gasteiger partial charge on any atom is 0.0459 e. The van der Waals surface area contributed by atoms with E-state index in [4.69, 9.17) is 0 Å². The molecular formula is C27H37N. The monoisotopic (exact) mass is 375 g/mol. The molecule has 1 aromatic carbocycles. The fraction of sp³-hybridized carbons (Fsp3) is 0.407. The standard InChI is InChI=1S/C14H22.C13H15N/c1-11(2)12(3)9-8-10-13(4)14(5,6)7;1-9-6-7-13-11(8-9)10-4-2-3-5-12(10)14-13/h8-10H,1,3H2,2,4-7H3;6-8,14H,2-5H2,1H3/b9-8-,13-10+;. The molecule has 1 heteroatoms. The summed E-state index contributed by atoms with van der Waals surface area (Å²) in [6, 6.07) is 6.71. The van der Waals surface area contributed by atoms with E-state index >= 15 is 0 Å². The van der Waals surface area contributed by atoms with Gasteiger partial charge in [0.15, 0.2) is 0 Å². The maximum absolute atomic E-state index is 3.90. The molecule has 0 saturated carbocycles. The highest BCUT2D eigenvalue weighted by molar-refractivity contribution is 5.85. The highest BCUT2D eigenvalue weighted by Gasteiger charge is 2.14. The molecule has 0 aliphatic heterocycles. The van der Waals surface area contributed by atoms with E-state index in [2.05, 4.69) is 77.0 Å². The van der Waals surface area contributed by atoms with Gasteiger partial charge < -0.3 is 4.98 Å². The second-order valence-electron chi connectivity index (χ2n) is 9.10. The number of aromatic amines is 1. The lowest BCUT2D eigenvalue weighted by Crippen LogP contribution is -2.05. The topological polar surface area (TPSA) is 15.8 Å². The Morgan fingerprint density at radius 2 is 1.75 bits per heavy atom. The van der Waals surface area contributed by atoms with Crippen LogP contribution < -0.4 is 0 Å². The first-order valence-corrected chi connectivity index (χ1v) is 10.4. The molecule has 1 heterocycles. The van der Waals surface area contributed by atoms with Crippen LogP contribution in [-0.2, 0) is 12.8 Å².